The van der Waals surface area contributed by atoms with Crippen molar-refractivity contribution in [1.29, 1.82) is 0 Å². The second kappa shape index (κ2) is 10.3. The molecule has 0 amide bonds. The smallest absolute Gasteiger partial charge is 0.223 e. The first kappa shape index (κ1) is 23.1. The van der Waals surface area contributed by atoms with Crippen LogP contribution in [0, 0.1) is 0 Å². The van der Waals surface area contributed by atoms with Crippen LogP contribution in [0.1, 0.15) is 32.4 Å². The van der Waals surface area contributed by atoms with Crippen LogP contribution in [0.3, 0.4) is 0 Å². The van der Waals surface area contributed by atoms with Gasteiger partial charge in [0.25, 0.3) is 0 Å². The number of hydrogen-bond acceptors (Lipinski definition) is 7. The van der Waals surface area contributed by atoms with E-state index in [1.165, 1.54) is 6.42 Å². The normalized spacial score (nSPS) is 17.5. The molecular weight excluding hydrogens is 430 g/mol. The molecule has 0 aliphatic carbocycles. The van der Waals surface area contributed by atoms with E-state index in [1.54, 1.807) is 18.0 Å². The predicted molar refractivity (Wildman–Crippen MR) is 140 cm³/mol. The van der Waals surface area contributed by atoms with Crippen molar-refractivity contribution in [2.75, 3.05) is 31.2 Å². The molecule has 7 heteroatoms. The van der Waals surface area contributed by atoms with Gasteiger partial charge in [-0.1, -0.05) is 42.6 Å². The molecule has 6 nitrogen and oxygen atoms in total. The minimum absolute atomic E-state index is 0.346. The monoisotopic (exact) mass is 461 g/mol. The zero-order chi connectivity index (χ0) is 23.4. The molecule has 3 aromatic rings. The van der Waals surface area contributed by atoms with Gasteiger partial charge in [0, 0.05) is 35.2 Å². The fourth-order valence-electron chi connectivity index (χ4n) is 4.10. The van der Waals surface area contributed by atoms with E-state index < -0.39 is 0 Å². The summed E-state index contributed by atoms with van der Waals surface area (Å²) in [5.41, 5.74) is 7.70. The molecule has 0 saturated carbocycles. The summed E-state index contributed by atoms with van der Waals surface area (Å²) in [5.74, 6) is 2.15. The summed E-state index contributed by atoms with van der Waals surface area (Å²) in [5, 5.41) is 5.46. The Labute approximate surface area is 199 Å². The average Bonchev–Trinajstić information content (AvgIpc) is 2.79. The van der Waals surface area contributed by atoms with Crippen LogP contribution in [-0.4, -0.2) is 41.0 Å². The summed E-state index contributed by atoms with van der Waals surface area (Å²) in [7, 11) is 2.15. The molecule has 33 heavy (non-hydrogen) atoms. The zero-order valence-electron chi connectivity index (χ0n) is 19.5. The summed E-state index contributed by atoms with van der Waals surface area (Å²) in [6.45, 7) is 10.2. The molecule has 1 aliphatic heterocycles. The van der Waals surface area contributed by atoms with E-state index in [1.807, 2.05) is 56.3 Å². The number of piperidine rings is 1. The lowest BCUT2D eigenvalue weighted by Crippen LogP contribution is -2.40. The molecule has 1 aliphatic rings. The molecule has 0 bridgehead atoms. The van der Waals surface area contributed by atoms with E-state index in [9.17, 15) is 0 Å². The third kappa shape index (κ3) is 5.67. The van der Waals surface area contributed by atoms with E-state index in [4.69, 9.17) is 15.5 Å². The minimum atomic E-state index is 0.346. The fourth-order valence-corrected chi connectivity index (χ4v) is 4.85. The molecule has 4 rings (SSSR count). The number of allylic oxidation sites excluding steroid dienone is 2. The number of likely N-dealkylation sites (tertiary alicyclic amines) is 1. The molecule has 0 spiro atoms. The van der Waals surface area contributed by atoms with Gasteiger partial charge < -0.3 is 20.7 Å². The van der Waals surface area contributed by atoms with Crippen LogP contribution in [-0.2, 0) is 0 Å². The van der Waals surface area contributed by atoms with E-state index in [0.29, 0.717) is 12.0 Å². The molecule has 1 saturated heterocycles. The van der Waals surface area contributed by atoms with Gasteiger partial charge in [0.2, 0.25) is 5.95 Å². The van der Waals surface area contributed by atoms with Crippen molar-refractivity contribution < 1.29 is 4.74 Å². The molecule has 1 aromatic heterocycles. The molecule has 2 aromatic carbocycles. The topological polar surface area (TPSA) is 76.3 Å². The third-order valence-corrected chi connectivity index (χ3v) is 6.67. The number of aromatic nitrogens is 2. The maximum atomic E-state index is 6.38. The van der Waals surface area contributed by atoms with E-state index in [2.05, 4.69) is 28.8 Å². The number of likely N-dealkylation sites (N-methyl/N-ethyl adjacent to an activating group) is 1. The minimum Gasteiger partial charge on any atom is -0.460 e. The number of nitrogens with two attached hydrogens (primary N) is 1. The van der Waals surface area contributed by atoms with Gasteiger partial charge in [0.05, 0.1) is 10.6 Å². The van der Waals surface area contributed by atoms with Crippen molar-refractivity contribution >= 4 is 39.1 Å². The molecule has 2 heterocycles. The largest absolute Gasteiger partial charge is 0.460 e. The quantitative estimate of drug-likeness (QED) is 0.342. The van der Waals surface area contributed by atoms with Gasteiger partial charge in [0.15, 0.2) is 0 Å². The van der Waals surface area contributed by atoms with Gasteiger partial charge in [-0.3, -0.25) is 0 Å². The van der Waals surface area contributed by atoms with Crippen LogP contribution in [0.2, 0.25) is 0 Å². The Balaban J connectivity index is 1.65. The lowest BCUT2D eigenvalue weighted by molar-refractivity contribution is 0.260. The van der Waals surface area contributed by atoms with Gasteiger partial charge in [-0.2, -0.15) is 0 Å². The average molecular weight is 462 g/mol. The molecule has 0 radical (unpaired) electrons. The zero-order valence-corrected chi connectivity index (χ0v) is 20.3. The molecule has 3 N–H and O–H groups in total. The van der Waals surface area contributed by atoms with E-state index in [0.717, 1.165) is 63.0 Å². The van der Waals surface area contributed by atoms with Crippen molar-refractivity contribution in [2.24, 2.45) is 0 Å². The Morgan fingerprint density at radius 3 is 2.73 bits per heavy atom. The van der Waals surface area contributed by atoms with Gasteiger partial charge in [-0.05, 0) is 63.4 Å². The molecule has 1 atom stereocenters. The lowest BCUT2D eigenvalue weighted by Gasteiger charge is -2.30. The van der Waals surface area contributed by atoms with Crippen LogP contribution in [0.25, 0.3) is 15.7 Å². The highest BCUT2D eigenvalue weighted by molar-refractivity contribution is 8.11. The Hall–Kier alpha value is -3.03. The summed E-state index contributed by atoms with van der Waals surface area (Å²) >= 11 is 1.55. The Kier molecular flexibility index (Phi) is 7.20. The Bertz CT molecular complexity index is 1190. The van der Waals surface area contributed by atoms with Crippen LogP contribution in [0.4, 0.5) is 11.6 Å². The predicted octanol–water partition coefficient (Wildman–Crippen LogP) is 5.75. The number of fused-ring (bicyclic) bond motifs is 1. The number of ether oxygens (including phenoxy) is 1. The van der Waals surface area contributed by atoms with Crippen LogP contribution in [0.15, 0.2) is 65.9 Å². The lowest BCUT2D eigenvalue weighted by atomic mass is 10.1. The van der Waals surface area contributed by atoms with Gasteiger partial charge in [-0.25, -0.2) is 9.97 Å². The number of hydrogen-bond donors (Lipinski definition) is 2. The second-order valence-corrected chi connectivity index (χ2v) is 9.81. The molecule has 1 unspecified atom stereocenters. The van der Waals surface area contributed by atoms with Crippen molar-refractivity contribution in [1.82, 2.24) is 14.9 Å². The first-order chi connectivity index (χ1) is 15.9. The highest BCUT2D eigenvalue weighted by Gasteiger charge is 2.19. The van der Waals surface area contributed by atoms with E-state index >= 15 is 0 Å². The number of nitrogen functional groups attached to an aromatic ring is 1. The second-order valence-electron chi connectivity index (χ2n) is 8.50. The number of benzene rings is 2. The number of rotatable bonds is 7. The Morgan fingerprint density at radius 1 is 1.18 bits per heavy atom. The van der Waals surface area contributed by atoms with Crippen LogP contribution < -0.4 is 15.8 Å². The van der Waals surface area contributed by atoms with Crippen molar-refractivity contribution in [3.63, 3.8) is 0 Å². The van der Waals surface area contributed by atoms with Crippen molar-refractivity contribution in [3.8, 4) is 5.75 Å². The number of anilines is 2. The van der Waals surface area contributed by atoms with Gasteiger partial charge in [-0.15, -0.1) is 0 Å². The number of nitrogens with zero attached hydrogens (tertiary/aromatic N) is 3. The summed E-state index contributed by atoms with van der Waals surface area (Å²) in [4.78, 5) is 13.5. The first-order valence-electron chi connectivity index (χ1n) is 11.2. The van der Waals surface area contributed by atoms with E-state index in [-0.39, 0.29) is 0 Å². The summed E-state index contributed by atoms with van der Waals surface area (Å²) < 4.78 is 6.38. The van der Waals surface area contributed by atoms with Crippen LogP contribution in [0.5, 0.6) is 5.75 Å². The fraction of sp³-hybridized carbons (Fsp3) is 0.308. The third-order valence-electron chi connectivity index (χ3n) is 5.62. The van der Waals surface area contributed by atoms with Crippen molar-refractivity contribution in [3.05, 3.63) is 71.6 Å². The molecule has 1 fully saturated rings. The SMILES string of the molecule is C=C(C)S/C(=C(\C)Oc1ccc(N)c2ccccc12)c1ccnc(NC2CCCN(C)C2)n1. The van der Waals surface area contributed by atoms with Gasteiger partial charge >= 0.3 is 0 Å². The summed E-state index contributed by atoms with van der Waals surface area (Å²) in [6, 6.07) is 14.0. The first-order valence-corrected chi connectivity index (χ1v) is 12.0. The number of nitrogens with one attached hydrogen (secondary N) is 1. The van der Waals surface area contributed by atoms with Gasteiger partial charge in [0.1, 0.15) is 11.5 Å². The Morgan fingerprint density at radius 2 is 1.97 bits per heavy atom. The number of thioether (sulfide) groups is 1. The maximum absolute atomic E-state index is 6.38. The standard InChI is InChI=1S/C26H31N5OS/c1-17(2)33-25(18(3)32-24-12-11-22(27)20-9-5-6-10-21(20)24)23-13-14-28-26(30-23)29-19-8-7-15-31(4)16-19/h5-6,9-14,19H,1,7-8,15-16,27H2,2-4H3,(H,28,29,30)/b25-18+. The van der Waals surface area contributed by atoms with Crippen LogP contribution >= 0.6 is 11.8 Å². The van der Waals surface area contributed by atoms with Crippen molar-refractivity contribution in [2.45, 2.75) is 32.7 Å². The molecule has 172 valence electrons. The molecular formula is C26H31N5OS. The summed E-state index contributed by atoms with van der Waals surface area (Å²) in [6.07, 6.45) is 4.09. The highest BCUT2D eigenvalue weighted by atomic mass is 32.2. The highest BCUT2D eigenvalue weighted by Crippen LogP contribution is 2.37. The maximum Gasteiger partial charge on any atom is 0.223 e.